The molecule has 0 aliphatic carbocycles. The highest BCUT2D eigenvalue weighted by molar-refractivity contribution is 5.85. The van der Waals surface area contributed by atoms with Gasteiger partial charge in [-0.05, 0) is 30.2 Å². The number of hydrogen-bond acceptors (Lipinski definition) is 4. The van der Waals surface area contributed by atoms with Gasteiger partial charge in [0.25, 0.3) is 0 Å². The molecular weight excluding hydrogens is 338 g/mol. The largest absolute Gasteiger partial charge is 0.497 e. The van der Waals surface area contributed by atoms with Crippen LogP contribution in [-0.2, 0) is 9.53 Å². The zero-order valence-corrected chi connectivity index (χ0v) is 15.5. The Morgan fingerprint density at radius 2 is 1.72 bits per heavy atom. The fourth-order valence-corrected chi connectivity index (χ4v) is 3.19. The van der Waals surface area contributed by atoms with Crippen LogP contribution in [0.5, 0.6) is 5.75 Å². The Hall–Kier alpha value is -2.04. The summed E-state index contributed by atoms with van der Waals surface area (Å²) in [4.78, 5) is 12.3. The molecule has 25 heavy (non-hydrogen) atoms. The van der Waals surface area contributed by atoms with E-state index >= 15 is 0 Å². The van der Waals surface area contributed by atoms with Gasteiger partial charge < -0.3 is 9.47 Å². The number of methoxy groups -OCH3 is 1. The molecule has 2 aromatic carbocycles. The van der Waals surface area contributed by atoms with E-state index in [4.69, 9.17) is 9.47 Å². The van der Waals surface area contributed by atoms with Crippen molar-refractivity contribution in [2.75, 3.05) is 7.11 Å². The van der Waals surface area contributed by atoms with Crippen LogP contribution < -0.4 is 10.1 Å². The normalized spacial score (nSPS) is 23.5. The minimum atomic E-state index is -0.313. The van der Waals surface area contributed by atoms with E-state index in [1.54, 1.807) is 7.11 Å². The van der Waals surface area contributed by atoms with Crippen molar-refractivity contribution in [3.8, 4) is 5.75 Å². The van der Waals surface area contributed by atoms with Crippen LogP contribution in [0.3, 0.4) is 0 Å². The van der Waals surface area contributed by atoms with Gasteiger partial charge in [0.15, 0.2) is 0 Å². The van der Waals surface area contributed by atoms with E-state index in [0.29, 0.717) is 0 Å². The Morgan fingerprint density at radius 1 is 1.08 bits per heavy atom. The van der Waals surface area contributed by atoms with Crippen LogP contribution in [-0.4, -0.2) is 19.1 Å². The van der Waals surface area contributed by atoms with E-state index in [2.05, 4.69) is 31.3 Å². The molecule has 1 heterocycles. The van der Waals surface area contributed by atoms with Gasteiger partial charge in [0.1, 0.15) is 17.9 Å². The standard InChI is InChI=1S/C20H23NO3.ClH/c1-13-18(21-14(2)15-7-5-4-6-8-15)20(22)24-19(13)16-9-11-17(23-3)12-10-16;/h4-14,18-19,21H,1-3H3;1H/t13-,14+,18+,19-;/m1./s1. The third-order valence-corrected chi connectivity index (χ3v) is 4.67. The second-order valence-corrected chi connectivity index (χ2v) is 6.27. The highest BCUT2D eigenvalue weighted by atomic mass is 35.5. The Balaban J connectivity index is 0.00000225. The minimum Gasteiger partial charge on any atom is -0.497 e. The van der Waals surface area contributed by atoms with Crippen molar-refractivity contribution < 1.29 is 14.3 Å². The number of esters is 1. The number of hydrogen-bond donors (Lipinski definition) is 1. The van der Waals surface area contributed by atoms with Crippen LogP contribution in [0.1, 0.15) is 37.1 Å². The number of rotatable bonds is 5. The lowest BCUT2D eigenvalue weighted by Crippen LogP contribution is -2.39. The molecule has 1 aliphatic rings. The number of nitrogens with one attached hydrogen (secondary N) is 1. The van der Waals surface area contributed by atoms with Crippen molar-refractivity contribution in [2.45, 2.75) is 32.0 Å². The van der Waals surface area contributed by atoms with Crippen molar-refractivity contribution in [3.63, 3.8) is 0 Å². The van der Waals surface area contributed by atoms with Crippen molar-refractivity contribution in [3.05, 3.63) is 65.7 Å². The topological polar surface area (TPSA) is 47.6 Å². The lowest BCUT2D eigenvalue weighted by atomic mass is 9.92. The van der Waals surface area contributed by atoms with Crippen LogP contribution in [0.25, 0.3) is 0 Å². The van der Waals surface area contributed by atoms with E-state index < -0.39 is 0 Å². The van der Waals surface area contributed by atoms with Crippen LogP contribution >= 0.6 is 12.4 Å². The summed E-state index contributed by atoms with van der Waals surface area (Å²) in [5.74, 6) is 0.659. The van der Waals surface area contributed by atoms with Gasteiger partial charge in [-0.3, -0.25) is 10.1 Å². The molecule has 0 spiro atoms. The van der Waals surface area contributed by atoms with Gasteiger partial charge in [0, 0.05) is 12.0 Å². The van der Waals surface area contributed by atoms with Gasteiger partial charge in [-0.15, -0.1) is 12.4 Å². The summed E-state index contributed by atoms with van der Waals surface area (Å²) in [5.41, 5.74) is 2.15. The molecule has 0 unspecified atom stereocenters. The maximum atomic E-state index is 12.3. The van der Waals surface area contributed by atoms with Gasteiger partial charge >= 0.3 is 5.97 Å². The van der Waals surface area contributed by atoms with E-state index in [0.717, 1.165) is 16.9 Å². The SMILES string of the molecule is COc1ccc([C@@H]2OC(=O)[C@@H](N[C@@H](C)c3ccccc3)[C@H]2C)cc1.Cl. The molecule has 2 aromatic rings. The summed E-state index contributed by atoms with van der Waals surface area (Å²) in [7, 11) is 1.64. The first-order valence-corrected chi connectivity index (χ1v) is 8.25. The summed E-state index contributed by atoms with van der Waals surface area (Å²) in [6.07, 6.45) is -0.233. The summed E-state index contributed by atoms with van der Waals surface area (Å²) >= 11 is 0. The molecule has 0 saturated carbocycles. The van der Waals surface area contributed by atoms with Gasteiger partial charge in [0.05, 0.1) is 7.11 Å². The van der Waals surface area contributed by atoms with Crippen molar-refractivity contribution in [2.24, 2.45) is 5.92 Å². The molecule has 5 heteroatoms. The second-order valence-electron chi connectivity index (χ2n) is 6.27. The predicted molar refractivity (Wildman–Crippen MR) is 100 cm³/mol. The highest BCUT2D eigenvalue weighted by Gasteiger charge is 2.43. The van der Waals surface area contributed by atoms with E-state index in [9.17, 15) is 4.79 Å². The third-order valence-electron chi connectivity index (χ3n) is 4.67. The molecule has 3 rings (SSSR count). The molecule has 1 N–H and O–H groups in total. The number of carbonyl (C=O) groups is 1. The molecule has 1 saturated heterocycles. The quantitative estimate of drug-likeness (QED) is 0.815. The molecular formula is C20H24ClNO3. The highest BCUT2D eigenvalue weighted by Crippen LogP contribution is 2.36. The Labute approximate surface area is 154 Å². The summed E-state index contributed by atoms with van der Waals surface area (Å²) in [6.45, 7) is 4.12. The molecule has 0 aromatic heterocycles. The summed E-state index contributed by atoms with van der Waals surface area (Å²) in [5, 5.41) is 3.42. The smallest absolute Gasteiger partial charge is 0.324 e. The lowest BCUT2D eigenvalue weighted by Gasteiger charge is -2.21. The molecule has 0 bridgehead atoms. The first-order chi connectivity index (χ1) is 11.6. The number of cyclic esters (lactones) is 1. The molecule has 4 atom stereocenters. The molecule has 0 amide bonds. The first kappa shape index (κ1) is 19.3. The van der Waals surface area contributed by atoms with Crippen molar-refractivity contribution in [1.29, 1.82) is 0 Å². The molecule has 1 aliphatic heterocycles. The molecule has 1 fully saturated rings. The summed E-state index contributed by atoms with van der Waals surface area (Å²) < 4.78 is 10.8. The Morgan fingerprint density at radius 3 is 2.32 bits per heavy atom. The fourth-order valence-electron chi connectivity index (χ4n) is 3.19. The monoisotopic (exact) mass is 361 g/mol. The molecule has 4 nitrogen and oxygen atoms in total. The van der Waals surface area contributed by atoms with Crippen LogP contribution in [0, 0.1) is 5.92 Å². The second kappa shape index (κ2) is 8.37. The lowest BCUT2D eigenvalue weighted by molar-refractivity contribution is -0.143. The van der Waals surface area contributed by atoms with Gasteiger partial charge in [-0.2, -0.15) is 0 Å². The van der Waals surface area contributed by atoms with Crippen LogP contribution in [0.4, 0.5) is 0 Å². The van der Waals surface area contributed by atoms with E-state index in [-0.39, 0.29) is 42.5 Å². The zero-order valence-electron chi connectivity index (χ0n) is 14.6. The van der Waals surface area contributed by atoms with Gasteiger partial charge in [-0.1, -0.05) is 49.4 Å². The van der Waals surface area contributed by atoms with Crippen LogP contribution in [0.2, 0.25) is 0 Å². The Bertz CT molecular complexity index is 690. The zero-order chi connectivity index (χ0) is 17.1. The maximum Gasteiger partial charge on any atom is 0.324 e. The molecule has 0 radical (unpaired) electrons. The minimum absolute atomic E-state index is 0. The number of ether oxygens (including phenoxy) is 2. The third kappa shape index (κ3) is 4.14. The number of carbonyl (C=O) groups excluding carboxylic acids is 1. The van der Waals surface area contributed by atoms with Gasteiger partial charge in [-0.25, -0.2) is 0 Å². The Kier molecular flexibility index (Phi) is 6.45. The van der Waals surface area contributed by atoms with Gasteiger partial charge in [0.2, 0.25) is 0 Å². The average Bonchev–Trinajstić information content (AvgIpc) is 2.90. The molecule has 134 valence electrons. The van der Waals surface area contributed by atoms with Crippen molar-refractivity contribution >= 4 is 18.4 Å². The first-order valence-electron chi connectivity index (χ1n) is 8.25. The maximum absolute atomic E-state index is 12.3. The summed E-state index contributed by atoms with van der Waals surface area (Å²) in [6, 6.07) is 17.6. The number of benzene rings is 2. The predicted octanol–water partition coefficient (Wildman–Crippen LogP) is 4.07. The van der Waals surface area contributed by atoms with E-state index in [1.165, 1.54) is 0 Å². The number of halogens is 1. The van der Waals surface area contributed by atoms with Crippen molar-refractivity contribution in [1.82, 2.24) is 5.32 Å². The average molecular weight is 362 g/mol. The fraction of sp³-hybridized carbons (Fsp3) is 0.350. The van der Waals surface area contributed by atoms with Crippen LogP contribution in [0.15, 0.2) is 54.6 Å². The van der Waals surface area contributed by atoms with E-state index in [1.807, 2.05) is 42.5 Å².